The fraction of sp³-hybridized carbons (Fsp3) is 0.667. The van der Waals surface area contributed by atoms with Gasteiger partial charge in [0.25, 0.3) is 0 Å². The topological polar surface area (TPSA) is 18.5 Å². The van der Waals surface area contributed by atoms with E-state index in [0.717, 1.165) is 26.1 Å². The van der Waals surface area contributed by atoms with Gasteiger partial charge in [-0.1, -0.05) is 22.0 Å². The van der Waals surface area contributed by atoms with Crippen LogP contribution in [0.3, 0.4) is 0 Å². The van der Waals surface area contributed by atoms with Crippen LogP contribution in [-0.2, 0) is 15.9 Å². The molecule has 1 saturated carbocycles. The fourth-order valence-electron chi connectivity index (χ4n) is 1.86. The van der Waals surface area contributed by atoms with Crippen molar-refractivity contribution in [2.24, 2.45) is 0 Å². The minimum Gasteiger partial charge on any atom is -0.375 e. The molecule has 2 rings (SSSR count). The predicted molar refractivity (Wildman–Crippen MR) is 70.5 cm³/mol. The second-order valence-electron chi connectivity index (χ2n) is 3.91. The third-order valence-electron chi connectivity index (χ3n) is 2.80. The van der Waals surface area contributed by atoms with Crippen LogP contribution in [0.4, 0.5) is 0 Å². The van der Waals surface area contributed by atoms with E-state index in [1.165, 1.54) is 4.88 Å². The molecule has 0 saturated heterocycles. The Morgan fingerprint density at radius 1 is 1.50 bits per heavy atom. The lowest BCUT2D eigenvalue weighted by Gasteiger charge is -2.40. The summed E-state index contributed by atoms with van der Waals surface area (Å²) < 4.78 is 11.5. The summed E-state index contributed by atoms with van der Waals surface area (Å²) in [5.74, 6) is 0. The largest absolute Gasteiger partial charge is 0.375 e. The Balaban J connectivity index is 1.66. The van der Waals surface area contributed by atoms with Gasteiger partial charge in [0.15, 0.2) is 0 Å². The van der Waals surface area contributed by atoms with Crippen molar-refractivity contribution in [1.82, 2.24) is 0 Å². The molecule has 4 heteroatoms. The van der Waals surface area contributed by atoms with Gasteiger partial charge in [0.1, 0.15) is 0 Å². The van der Waals surface area contributed by atoms with E-state index in [1.54, 1.807) is 11.3 Å². The number of rotatable bonds is 6. The van der Waals surface area contributed by atoms with Gasteiger partial charge in [0.05, 0.1) is 18.8 Å². The van der Waals surface area contributed by atoms with Crippen molar-refractivity contribution < 1.29 is 9.47 Å². The number of thiophene rings is 1. The Kier molecular flexibility index (Phi) is 4.82. The number of alkyl halides is 1. The summed E-state index contributed by atoms with van der Waals surface area (Å²) in [6, 6.07) is 4.24. The summed E-state index contributed by atoms with van der Waals surface area (Å²) >= 11 is 5.39. The van der Waals surface area contributed by atoms with E-state index in [-0.39, 0.29) is 12.2 Å². The second kappa shape index (κ2) is 6.15. The average molecular weight is 305 g/mol. The standard InChI is InChI=1S/C12H17BrO2S/c1-2-14-12-10(13)8-11(12)15-6-5-9-4-3-7-16-9/h3-4,7,10-12H,2,5-6,8H2,1H3. The maximum Gasteiger partial charge on any atom is 0.0962 e. The minimum absolute atomic E-state index is 0.244. The van der Waals surface area contributed by atoms with Crippen LogP contribution in [0.25, 0.3) is 0 Å². The highest BCUT2D eigenvalue weighted by Gasteiger charge is 2.40. The van der Waals surface area contributed by atoms with Gasteiger partial charge in [-0.15, -0.1) is 11.3 Å². The summed E-state index contributed by atoms with van der Waals surface area (Å²) in [5.41, 5.74) is 0. The second-order valence-corrected chi connectivity index (χ2v) is 6.12. The monoisotopic (exact) mass is 304 g/mol. The lowest BCUT2D eigenvalue weighted by atomic mass is 9.91. The lowest BCUT2D eigenvalue weighted by molar-refractivity contribution is -0.117. The van der Waals surface area contributed by atoms with Gasteiger partial charge in [-0.25, -0.2) is 0 Å². The number of hydrogen-bond acceptors (Lipinski definition) is 3. The van der Waals surface area contributed by atoms with Crippen LogP contribution in [0, 0.1) is 0 Å². The molecule has 0 spiro atoms. The SMILES string of the molecule is CCOC1C(Br)CC1OCCc1cccs1. The van der Waals surface area contributed by atoms with Crippen molar-refractivity contribution in [3.05, 3.63) is 22.4 Å². The van der Waals surface area contributed by atoms with Crippen LogP contribution < -0.4 is 0 Å². The maximum atomic E-state index is 5.84. The van der Waals surface area contributed by atoms with E-state index >= 15 is 0 Å². The molecule has 0 aliphatic heterocycles. The molecular formula is C12H17BrO2S. The van der Waals surface area contributed by atoms with Crippen molar-refractivity contribution in [3.63, 3.8) is 0 Å². The molecule has 0 radical (unpaired) electrons. The normalized spacial score (nSPS) is 29.0. The first kappa shape index (κ1) is 12.6. The third kappa shape index (κ3) is 3.06. The van der Waals surface area contributed by atoms with Crippen LogP contribution in [0.5, 0.6) is 0 Å². The van der Waals surface area contributed by atoms with Crippen molar-refractivity contribution in [3.8, 4) is 0 Å². The van der Waals surface area contributed by atoms with Crippen LogP contribution in [0.15, 0.2) is 17.5 Å². The summed E-state index contributed by atoms with van der Waals surface area (Å²) in [6.45, 7) is 3.59. The average Bonchev–Trinajstić information content (AvgIpc) is 2.78. The third-order valence-corrected chi connectivity index (χ3v) is 4.63. The Bertz CT molecular complexity index is 302. The van der Waals surface area contributed by atoms with Crippen molar-refractivity contribution in [2.45, 2.75) is 36.8 Å². The van der Waals surface area contributed by atoms with Crippen molar-refractivity contribution >= 4 is 27.3 Å². The Hall–Kier alpha value is 0.100. The first-order valence-electron chi connectivity index (χ1n) is 5.71. The van der Waals surface area contributed by atoms with E-state index < -0.39 is 0 Å². The minimum atomic E-state index is 0.244. The van der Waals surface area contributed by atoms with Gasteiger partial charge in [0, 0.05) is 22.7 Å². The van der Waals surface area contributed by atoms with Gasteiger partial charge in [-0.2, -0.15) is 0 Å². The highest BCUT2D eigenvalue weighted by Crippen LogP contribution is 2.33. The number of ether oxygens (including phenoxy) is 2. The molecule has 0 bridgehead atoms. The van der Waals surface area contributed by atoms with E-state index in [0.29, 0.717) is 4.83 Å². The predicted octanol–water partition coefficient (Wildman–Crippen LogP) is 3.25. The Morgan fingerprint density at radius 3 is 3.00 bits per heavy atom. The zero-order chi connectivity index (χ0) is 11.4. The molecule has 0 amide bonds. The summed E-state index contributed by atoms with van der Waals surface area (Å²) in [5, 5.41) is 2.11. The molecule has 16 heavy (non-hydrogen) atoms. The van der Waals surface area contributed by atoms with Crippen LogP contribution >= 0.6 is 27.3 Å². The molecular weight excluding hydrogens is 288 g/mol. The molecule has 1 fully saturated rings. The van der Waals surface area contributed by atoms with Gasteiger partial charge < -0.3 is 9.47 Å². The molecule has 0 N–H and O–H groups in total. The molecule has 2 nitrogen and oxygen atoms in total. The molecule has 90 valence electrons. The highest BCUT2D eigenvalue weighted by atomic mass is 79.9. The molecule has 3 atom stereocenters. The first-order valence-corrected chi connectivity index (χ1v) is 7.50. The molecule has 3 unspecified atom stereocenters. The van der Waals surface area contributed by atoms with Gasteiger partial charge >= 0.3 is 0 Å². The van der Waals surface area contributed by atoms with Gasteiger partial charge in [-0.05, 0) is 24.8 Å². The number of halogens is 1. The van der Waals surface area contributed by atoms with Crippen LogP contribution in [0.1, 0.15) is 18.2 Å². The van der Waals surface area contributed by atoms with E-state index in [2.05, 4.69) is 33.4 Å². The molecule has 1 aliphatic rings. The molecule has 1 aliphatic carbocycles. The molecule has 1 aromatic heterocycles. The van der Waals surface area contributed by atoms with E-state index in [4.69, 9.17) is 9.47 Å². The molecule has 0 aromatic carbocycles. The Labute approximate surface area is 109 Å². The first-order chi connectivity index (χ1) is 7.81. The summed E-state index contributed by atoms with van der Waals surface area (Å²) in [6.07, 6.45) is 2.60. The lowest BCUT2D eigenvalue weighted by Crippen LogP contribution is -2.50. The summed E-state index contributed by atoms with van der Waals surface area (Å²) in [4.78, 5) is 1.86. The van der Waals surface area contributed by atoms with Crippen molar-refractivity contribution in [1.29, 1.82) is 0 Å². The Morgan fingerprint density at radius 2 is 2.38 bits per heavy atom. The van der Waals surface area contributed by atoms with E-state index in [9.17, 15) is 0 Å². The summed E-state index contributed by atoms with van der Waals surface area (Å²) in [7, 11) is 0. The smallest absolute Gasteiger partial charge is 0.0962 e. The van der Waals surface area contributed by atoms with Crippen molar-refractivity contribution in [2.75, 3.05) is 13.2 Å². The molecule has 1 aromatic rings. The number of hydrogen-bond donors (Lipinski definition) is 0. The zero-order valence-electron chi connectivity index (χ0n) is 9.40. The van der Waals surface area contributed by atoms with Gasteiger partial charge in [-0.3, -0.25) is 0 Å². The maximum absolute atomic E-state index is 5.84. The van der Waals surface area contributed by atoms with Crippen LogP contribution in [-0.4, -0.2) is 30.2 Å². The molecule has 1 heterocycles. The van der Waals surface area contributed by atoms with Crippen LogP contribution in [0.2, 0.25) is 0 Å². The fourth-order valence-corrected chi connectivity index (χ4v) is 3.41. The van der Waals surface area contributed by atoms with Gasteiger partial charge in [0.2, 0.25) is 0 Å². The van der Waals surface area contributed by atoms with E-state index in [1.807, 2.05) is 6.92 Å². The highest BCUT2D eigenvalue weighted by molar-refractivity contribution is 9.09. The zero-order valence-corrected chi connectivity index (χ0v) is 11.8. The quantitative estimate of drug-likeness (QED) is 0.751.